The lowest BCUT2D eigenvalue weighted by Gasteiger charge is -2.29. The Morgan fingerprint density at radius 1 is 1.30 bits per heavy atom. The number of rotatable bonds is 1. The van der Waals surface area contributed by atoms with Gasteiger partial charge in [-0.2, -0.15) is 0 Å². The summed E-state index contributed by atoms with van der Waals surface area (Å²) >= 11 is 0. The smallest absolute Gasteiger partial charge is 0.00415 e. The summed E-state index contributed by atoms with van der Waals surface area (Å²) in [6.45, 7) is 4.62. The first kappa shape index (κ1) is 8.06. The highest BCUT2D eigenvalue weighted by atomic mass is 14.6. The predicted molar refractivity (Wildman–Crippen MR) is 44.8 cm³/mol. The van der Waals surface area contributed by atoms with E-state index in [9.17, 15) is 0 Å². The third-order valence-electron chi connectivity index (χ3n) is 2.70. The molecule has 0 heterocycles. The van der Waals surface area contributed by atoms with Gasteiger partial charge in [0.25, 0.3) is 0 Å². The van der Waals surface area contributed by atoms with Gasteiger partial charge in [-0.25, -0.2) is 0 Å². The van der Waals surface area contributed by atoms with Crippen molar-refractivity contribution >= 4 is 0 Å². The van der Waals surface area contributed by atoms with E-state index in [0.717, 1.165) is 11.8 Å². The molecule has 10 heavy (non-hydrogen) atoms. The van der Waals surface area contributed by atoms with Crippen molar-refractivity contribution in [3.63, 3.8) is 0 Å². The van der Waals surface area contributed by atoms with Crippen LogP contribution in [0.3, 0.4) is 0 Å². The van der Waals surface area contributed by atoms with Crippen molar-refractivity contribution < 1.29 is 0 Å². The van der Waals surface area contributed by atoms with Gasteiger partial charge >= 0.3 is 0 Å². The van der Waals surface area contributed by atoms with E-state index in [1.807, 2.05) is 0 Å². The molecule has 1 heteroatoms. The molecule has 0 bridgehead atoms. The van der Waals surface area contributed by atoms with Crippen molar-refractivity contribution in [3.05, 3.63) is 0 Å². The van der Waals surface area contributed by atoms with Crippen LogP contribution in [0, 0.1) is 11.8 Å². The second-order valence-electron chi connectivity index (χ2n) is 3.93. The van der Waals surface area contributed by atoms with E-state index >= 15 is 0 Å². The lowest BCUT2D eigenvalue weighted by molar-refractivity contribution is 0.255. The topological polar surface area (TPSA) is 26.0 Å². The zero-order chi connectivity index (χ0) is 7.56. The first-order chi connectivity index (χ1) is 4.70. The van der Waals surface area contributed by atoms with Gasteiger partial charge in [0.2, 0.25) is 0 Å². The zero-order valence-electron chi connectivity index (χ0n) is 7.14. The van der Waals surface area contributed by atoms with Crippen LogP contribution in [-0.2, 0) is 0 Å². The minimum absolute atomic E-state index is 0.501. The Kier molecular flexibility index (Phi) is 2.72. The maximum absolute atomic E-state index is 5.86. The molecule has 1 rings (SSSR count). The third-order valence-corrected chi connectivity index (χ3v) is 2.70. The molecule has 0 spiro atoms. The molecule has 1 aliphatic carbocycles. The van der Waals surface area contributed by atoms with Crippen molar-refractivity contribution in [3.8, 4) is 0 Å². The van der Waals surface area contributed by atoms with Crippen LogP contribution in [0.1, 0.15) is 39.5 Å². The maximum atomic E-state index is 5.86. The molecule has 60 valence electrons. The predicted octanol–water partition coefficient (Wildman–Crippen LogP) is 2.16. The van der Waals surface area contributed by atoms with Crippen molar-refractivity contribution in [2.75, 3.05) is 0 Å². The molecule has 0 amide bonds. The van der Waals surface area contributed by atoms with Gasteiger partial charge in [0.05, 0.1) is 0 Å². The summed E-state index contributed by atoms with van der Waals surface area (Å²) in [5, 5.41) is 0. The fraction of sp³-hybridized carbons (Fsp3) is 1.00. The van der Waals surface area contributed by atoms with Crippen LogP contribution in [0.5, 0.6) is 0 Å². The average molecular weight is 141 g/mol. The maximum Gasteiger partial charge on any atom is 0.00415 e. The first-order valence-corrected chi connectivity index (χ1v) is 4.45. The molecule has 0 aromatic heterocycles. The fourth-order valence-electron chi connectivity index (χ4n) is 1.87. The van der Waals surface area contributed by atoms with E-state index in [-0.39, 0.29) is 0 Å². The summed E-state index contributed by atoms with van der Waals surface area (Å²) in [7, 11) is 0. The Labute approximate surface area is 64.0 Å². The van der Waals surface area contributed by atoms with Gasteiger partial charge in [-0.3, -0.25) is 0 Å². The SMILES string of the molecule is CC(C)[C@H]1CCC[C@@H](N)C1. The van der Waals surface area contributed by atoms with Crippen molar-refractivity contribution in [2.45, 2.75) is 45.6 Å². The molecular weight excluding hydrogens is 122 g/mol. The Morgan fingerprint density at radius 3 is 2.40 bits per heavy atom. The first-order valence-electron chi connectivity index (χ1n) is 4.45. The third kappa shape index (κ3) is 1.98. The van der Waals surface area contributed by atoms with E-state index in [1.165, 1.54) is 25.7 Å². The second-order valence-corrected chi connectivity index (χ2v) is 3.93. The van der Waals surface area contributed by atoms with E-state index in [1.54, 1.807) is 0 Å². The van der Waals surface area contributed by atoms with Gasteiger partial charge in [-0.1, -0.05) is 26.7 Å². The molecule has 0 aromatic rings. The van der Waals surface area contributed by atoms with Gasteiger partial charge in [0, 0.05) is 6.04 Å². The van der Waals surface area contributed by atoms with Crippen molar-refractivity contribution in [1.82, 2.24) is 0 Å². The van der Waals surface area contributed by atoms with Gasteiger partial charge < -0.3 is 5.73 Å². The van der Waals surface area contributed by atoms with E-state index in [2.05, 4.69) is 13.8 Å². The lowest BCUT2D eigenvalue weighted by Crippen LogP contribution is -2.29. The van der Waals surface area contributed by atoms with Crippen LogP contribution >= 0.6 is 0 Å². The highest BCUT2D eigenvalue weighted by Crippen LogP contribution is 2.28. The second kappa shape index (κ2) is 3.38. The van der Waals surface area contributed by atoms with Crippen LogP contribution in [0.15, 0.2) is 0 Å². The molecule has 0 unspecified atom stereocenters. The fourth-order valence-corrected chi connectivity index (χ4v) is 1.87. The molecule has 1 nitrogen and oxygen atoms in total. The van der Waals surface area contributed by atoms with E-state index < -0.39 is 0 Å². The minimum Gasteiger partial charge on any atom is -0.328 e. The molecule has 2 atom stereocenters. The number of hydrogen-bond acceptors (Lipinski definition) is 1. The van der Waals surface area contributed by atoms with Crippen LogP contribution < -0.4 is 5.73 Å². The number of hydrogen-bond donors (Lipinski definition) is 1. The summed E-state index contributed by atoms with van der Waals surface area (Å²) < 4.78 is 0. The van der Waals surface area contributed by atoms with Gasteiger partial charge in [-0.05, 0) is 24.7 Å². The molecule has 0 radical (unpaired) electrons. The number of nitrogens with two attached hydrogens (primary N) is 1. The van der Waals surface area contributed by atoms with E-state index in [0.29, 0.717) is 6.04 Å². The highest BCUT2D eigenvalue weighted by Gasteiger charge is 2.21. The molecule has 0 aliphatic heterocycles. The monoisotopic (exact) mass is 141 g/mol. The molecule has 1 saturated carbocycles. The quantitative estimate of drug-likeness (QED) is 0.595. The van der Waals surface area contributed by atoms with Crippen molar-refractivity contribution in [2.24, 2.45) is 17.6 Å². The molecule has 1 aliphatic rings. The zero-order valence-corrected chi connectivity index (χ0v) is 7.14. The molecule has 0 saturated heterocycles. The summed E-state index contributed by atoms with van der Waals surface area (Å²) in [4.78, 5) is 0. The summed E-state index contributed by atoms with van der Waals surface area (Å²) in [5.41, 5.74) is 5.86. The van der Waals surface area contributed by atoms with Gasteiger partial charge in [0.1, 0.15) is 0 Å². The Bertz CT molecular complexity index is 98.9. The largest absolute Gasteiger partial charge is 0.328 e. The highest BCUT2D eigenvalue weighted by molar-refractivity contribution is 4.76. The Balaban J connectivity index is 2.32. The summed E-state index contributed by atoms with van der Waals surface area (Å²) in [6.07, 6.45) is 5.27. The Morgan fingerprint density at radius 2 is 2.00 bits per heavy atom. The molecule has 0 aromatic carbocycles. The molecule has 1 fully saturated rings. The van der Waals surface area contributed by atoms with Crippen LogP contribution in [0.25, 0.3) is 0 Å². The van der Waals surface area contributed by atoms with Crippen LogP contribution in [-0.4, -0.2) is 6.04 Å². The Hall–Kier alpha value is -0.0400. The molecule has 2 N–H and O–H groups in total. The summed E-state index contributed by atoms with van der Waals surface area (Å²) in [6, 6.07) is 0.501. The normalized spacial score (nSPS) is 34.8. The summed E-state index contributed by atoms with van der Waals surface area (Å²) in [5.74, 6) is 1.75. The van der Waals surface area contributed by atoms with Crippen molar-refractivity contribution in [1.29, 1.82) is 0 Å². The standard InChI is InChI=1S/C9H19N/c1-7(2)8-4-3-5-9(10)6-8/h7-9H,3-6,10H2,1-2H3/t8-,9+/m0/s1. The molecular formula is C9H19N. The average Bonchev–Trinajstić information content (AvgIpc) is 1.88. The lowest BCUT2D eigenvalue weighted by atomic mass is 9.80. The van der Waals surface area contributed by atoms with Gasteiger partial charge in [-0.15, -0.1) is 0 Å². The minimum atomic E-state index is 0.501. The van der Waals surface area contributed by atoms with E-state index in [4.69, 9.17) is 5.73 Å². The van der Waals surface area contributed by atoms with Gasteiger partial charge in [0.15, 0.2) is 0 Å². The van der Waals surface area contributed by atoms with Crippen LogP contribution in [0.2, 0.25) is 0 Å². The van der Waals surface area contributed by atoms with Crippen LogP contribution in [0.4, 0.5) is 0 Å².